The van der Waals surface area contributed by atoms with Crippen LogP contribution in [-0.2, 0) is 14.3 Å². The Balaban J connectivity index is 2.05. The van der Waals surface area contributed by atoms with E-state index in [0.717, 1.165) is 45.6 Å². The van der Waals surface area contributed by atoms with Crippen molar-refractivity contribution in [1.29, 1.82) is 0 Å². The van der Waals surface area contributed by atoms with Gasteiger partial charge in [0.1, 0.15) is 18.4 Å². The van der Waals surface area contributed by atoms with Gasteiger partial charge >= 0.3 is 0 Å². The monoisotopic (exact) mass is 300 g/mol. The largest absolute Gasteiger partial charge is 0.367 e. The summed E-state index contributed by atoms with van der Waals surface area (Å²) in [5.41, 5.74) is 0. The van der Waals surface area contributed by atoms with E-state index in [9.17, 15) is 9.59 Å². The van der Waals surface area contributed by atoms with Crippen LogP contribution >= 0.6 is 0 Å². The zero-order valence-corrected chi connectivity index (χ0v) is 13.4. The van der Waals surface area contributed by atoms with Crippen LogP contribution in [0.3, 0.4) is 0 Å². The Morgan fingerprint density at radius 3 is 2.48 bits per heavy atom. The second kappa shape index (κ2) is 10.7. The molecule has 21 heavy (non-hydrogen) atoms. The van der Waals surface area contributed by atoms with Gasteiger partial charge in [0.15, 0.2) is 0 Å². The summed E-state index contributed by atoms with van der Waals surface area (Å²) in [5.74, 6) is 0.288. The summed E-state index contributed by atoms with van der Waals surface area (Å²) < 4.78 is 5.28. The lowest BCUT2D eigenvalue weighted by atomic mass is 10.1. The molecule has 0 bridgehead atoms. The number of unbranched alkanes of at least 4 members (excludes halogenated alkanes) is 1. The van der Waals surface area contributed by atoms with Gasteiger partial charge in [-0.05, 0) is 26.8 Å². The lowest BCUT2D eigenvalue weighted by Gasteiger charge is -2.18. The van der Waals surface area contributed by atoms with Crippen molar-refractivity contribution in [2.45, 2.75) is 38.7 Å². The van der Waals surface area contributed by atoms with Gasteiger partial charge in [-0.25, -0.2) is 0 Å². The van der Waals surface area contributed by atoms with Crippen molar-refractivity contribution in [2.24, 2.45) is 0 Å². The van der Waals surface area contributed by atoms with E-state index in [1.807, 2.05) is 7.05 Å². The number of hydrogen-bond donors (Lipinski definition) is 3. The Morgan fingerprint density at radius 1 is 1.19 bits per heavy atom. The summed E-state index contributed by atoms with van der Waals surface area (Å²) in [6, 6.07) is 0. The average Bonchev–Trinajstić information content (AvgIpc) is 3.24. The maximum Gasteiger partial charge on any atom is 0.220 e. The Labute approximate surface area is 127 Å². The highest BCUT2D eigenvalue weighted by molar-refractivity contribution is 5.76. The number of Topliss-reactive ketones (excluding diaryl/α,β-unsaturated/α-hetero) is 1. The van der Waals surface area contributed by atoms with E-state index in [4.69, 9.17) is 4.74 Å². The number of amides is 1. The summed E-state index contributed by atoms with van der Waals surface area (Å²) in [6.45, 7) is 7.15. The Hall–Kier alpha value is -0.980. The van der Waals surface area contributed by atoms with Crippen molar-refractivity contribution in [3.8, 4) is 0 Å². The topological polar surface area (TPSA) is 75.2 Å². The molecule has 6 nitrogen and oxygen atoms in total. The third-order valence-electron chi connectivity index (χ3n) is 3.63. The van der Waals surface area contributed by atoms with Gasteiger partial charge in [-0.3, -0.25) is 4.79 Å². The number of likely N-dealkylation sites (N-methyl/N-ethyl adjacent to an activating group) is 1. The van der Waals surface area contributed by atoms with Crippen molar-refractivity contribution in [3.63, 3.8) is 0 Å². The second-order valence-corrected chi connectivity index (χ2v) is 5.77. The summed E-state index contributed by atoms with van der Waals surface area (Å²) in [6.07, 6.45) is 3.11. The summed E-state index contributed by atoms with van der Waals surface area (Å²) in [5, 5.41) is 6.12. The highest BCUT2D eigenvalue weighted by atomic mass is 16.6. The number of ether oxygens (including phenoxy) is 1. The van der Waals surface area contributed by atoms with Crippen LogP contribution in [-0.4, -0.2) is 64.2 Å². The molecule has 1 aliphatic rings. The molecule has 1 aliphatic heterocycles. The number of epoxide rings is 1. The van der Waals surface area contributed by atoms with Crippen molar-refractivity contribution >= 4 is 11.7 Å². The molecule has 1 fully saturated rings. The number of ketones is 1. The molecular formula is C15H30N3O3+. The molecule has 1 rings (SSSR count). The number of nitrogens with one attached hydrogen (secondary N) is 3. The van der Waals surface area contributed by atoms with Gasteiger partial charge in [0.25, 0.3) is 0 Å². The molecule has 2 atom stereocenters. The van der Waals surface area contributed by atoms with Gasteiger partial charge < -0.3 is 25.1 Å². The van der Waals surface area contributed by atoms with E-state index in [1.54, 1.807) is 6.92 Å². The van der Waals surface area contributed by atoms with Crippen LogP contribution in [0.1, 0.15) is 32.6 Å². The molecule has 6 heteroatoms. The maximum absolute atomic E-state index is 11.7. The predicted octanol–water partition coefficient (Wildman–Crippen LogP) is -1.24. The van der Waals surface area contributed by atoms with Crippen LogP contribution in [0.4, 0.5) is 0 Å². The molecule has 0 saturated carbocycles. The maximum atomic E-state index is 11.7. The minimum atomic E-state index is 0.0918. The molecule has 1 heterocycles. The standard InChI is InChI=1S/C15H29N3O3/c1-13(19)5-3-4-6-15(20)17-8-10-18(9-7-16-2)11-14-12-21-14/h14,16H,3-12H2,1-2H3,(H,17,20)/p+1. The van der Waals surface area contributed by atoms with Crippen molar-refractivity contribution in [2.75, 3.05) is 46.4 Å². The zero-order valence-electron chi connectivity index (χ0n) is 13.4. The molecule has 0 aromatic carbocycles. The first-order valence-electron chi connectivity index (χ1n) is 7.97. The van der Waals surface area contributed by atoms with E-state index in [-0.39, 0.29) is 11.7 Å². The van der Waals surface area contributed by atoms with Gasteiger partial charge in [-0.2, -0.15) is 0 Å². The summed E-state index contributed by atoms with van der Waals surface area (Å²) in [4.78, 5) is 23.9. The van der Waals surface area contributed by atoms with E-state index in [2.05, 4.69) is 10.6 Å². The van der Waals surface area contributed by atoms with Crippen LogP contribution in [0.5, 0.6) is 0 Å². The molecule has 0 aromatic rings. The van der Waals surface area contributed by atoms with E-state index in [1.165, 1.54) is 4.90 Å². The van der Waals surface area contributed by atoms with Gasteiger partial charge in [0, 0.05) is 19.4 Å². The highest BCUT2D eigenvalue weighted by Gasteiger charge is 2.27. The first kappa shape index (κ1) is 18.1. The van der Waals surface area contributed by atoms with Crippen LogP contribution in [0, 0.1) is 0 Å². The molecular weight excluding hydrogens is 270 g/mol. The first-order chi connectivity index (χ1) is 10.1. The smallest absolute Gasteiger partial charge is 0.220 e. The molecule has 1 saturated heterocycles. The first-order valence-corrected chi connectivity index (χ1v) is 7.97. The average molecular weight is 300 g/mol. The molecule has 0 aliphatic carbocycles. The second-order valence-electron chi connectivity index (χ2n) is 5.77. The van der Waals surface area contributed by atoms with Gasteiger partial charge in [-0.1, -0.05) is 0 Å². The van der Waals surface area contributed by atoms with Gasteiger partial charge in [0.05, 0.1) is 26.2 Å². The fraction of sp³-hybridized carbons (Fsp3) is 0.867. The van der Waals surface area contributed by atoms with Crippen LogP contribution in [0.25, 0.3) is 0 Å². The molecule has 122 valence electrons. The Morgan fingerprint density at radius 2 is 1.86 bits per heavy atom. The molecule has 1 amide bonds. The third-order valence-corrected chi connectivity index (χ3v) is 3.63. The number of quaternary nitrogens is 1. The van der Waals surface area contributed by atoms with E-state index >= 15 is 0 Å². The van der Waals surface area contributed by atoms with Crippen LogP contribution in [0.15, 0.2) is 0 Å². The SMILES string of the molecule is CNCC[NH+](CCNC(=O)CCCCC(C)=O)CC1CO1. The Kier molecular flexibility index (Phi) is 9.21. The Bertz CT molecular complexity index is 319. The molecule has 3 N–H and O–H groups in total. The third kappa shape index (κ3) is 10.4. The quantitative estimate of drug-likeness (QED) is 0.294. The number of carbonyl (C=O) groups is 2. The fourth-order valence-electron chi connectivity index (χ4n) is 2.27. The molecule has 0 aromatic heterocycles. The molecule has 0 spiro atoms. The lowest BCUT2D eigenvalue weighted by molar-refractivity contribution is -0.898. The molecule has 2 unspecified atom stereocenters. The highest BCUT2D eigenvalue weighted by Crippen LogP contribution is 2.04. The number of carbonyl (C=O) groups excluding carboxylic acids is 2. The minimum absolute atomic E-state index is 0.0918. The summed E-state index contributed by atoms with van der Waals surface area (Å²) in [7, 11) is 1.95. The van der Waals surface area contributed by atoms with E-state index in [0.29, 0.717) is 25.5 Å². The van der Waals surface area contributed by atoms with E-state index < -0.39 is 0 Å². The van der Waals surface area contributed by atoms with Crippen LogP contribution < -0.4 is 15.5 Å². The summed E-state index contributed by atoms with van der Waals surface area (Å²) >= 11 is 0. The number of rotatable bonds is 13. The van der Waals surface area contributed by atoms with Crippen LogP contribution in [0.2, 0.25) is 0 Å². The minimum Gasteiger partial charge on any atom is -0.367 e. The fourth-order valence-corrected chi connectivity index (χ4v) is 2.27. The van der Waals surface area contributed by atoms with Gasteiger partial charge in [0.2, 0.25) is 5.91 Å². The molecule has 0 radical (unpaired) electrons. The normalized spacial score (nSPS) is 18.3. The zero-order chi connectivity index (χ0) is 15.5. The van der Waals surface area contributed by atoms with Gasteiger partial charge in [-0.15, -0.1) is 0 Å². The van der Waals surface area contributed by atoms with Crippen molar-refractivity contribution < 1.29 is 19.2 Å². The van der Waals surface area contributed by atoms with Crippen molar-refractivity contribution in [1.82, 2.24) is 10.6 Å². The predicted molar refractivity (Wildman–Crippen MR) is 81.4 cm³/mol. The van der Waals surface area contributed by atoms with Crippen molar-refractivity contribution in [3.05, 3.63) is 0 Å². The lowest BCUT2D eigenvalue weighted by Crippen LogP contribution is -3.14. The number of hydrogen-bond acceptors (Lipinski definition) is 4.